The Morgan fingerprint density at radius 1 is 1.31 bits per heavy atom. The Labute approximate surface area is 152 Å². The summed E-state index contributed by atoms with van der Waals surface area (Å²) >= 11 is 0. The number of benzene rings is 1. The van der Waals surface area contributed by atoms with Crippen molar-refractivity contribution in [3.63, 3.8) is 0 Å². The van der Waals surface area contributed by atoms with Crippen LogP contribution in [0.4, 0.5) is 0 Å². The second-order valence-electron chi connectivity index (χ2n) is 7.07. The number of carbonyl (C=O) groups excluding carboxylic acids is 1. The maximum atomic E-state index is 12.7. The Morgan fingerprint density at radius 3 is 3.04 bits per heavy atom. The van der Waals surface area contributed by atoms with Crippen LogP contribution in [-0.2, 0) is 13.6 Å². The van der Waals surface area contributed by atoms with Crippen LogP contribution in [-0.4, -0.2) is 44.5 Å². The number of fused-ring (bicyclic) bond motifs is 1. The van der Waals surface area contributed by atoms with E-state index in [-0.39, 0.29) is 11.9 Å². The zero-order valence-electron chi connectivity index (χ0n) is 15.1. The fourth-order valence-electron chi connectivity index (χ4n) is 3.64. The van der Waals surface area contributed by atoms with Crippen LogP contribution in [0.15, 0.2) is 42.9 Å². The molecule has 3 aromatic rings. The lowest BCUT2D eigenvalue weighted by atomic mass is 10.1. The van der Waals surface area contributed by atoms with Crippen molar-refractivity contribution in [3.8, 4) is 0 Å². The molecule has 1 amide bonds. The minimum atomic E-state index is -0.0708. The largest absolute Gasteiger partial charge is 0.348 e. The van der Waals surface area contributed by atoms with Crippen molar-refractivity contribution in [3.05, 3.63) is 59.5 Å². The van der Waals surface area contributed by atoms with Gasteiger partial charge < -0.3 is 9.88 Å². The van der Waals surface area contributed by atoms with Gasteiger partial charge in [0.1, 0.15) is 5.52 Å². The summed E-state index contributed by atoms with van der Waals surface area (Å²) in [5.74, 6) is -0.0708. The van der Waals surface area contributed by atoms with Crippen LogP contribution in [0.5, 0.6) is 0 Å². The molecular weight excluding hydrogens is 326 g/mol. The molecule has 1 aromatic carbocycles. The molecule has 0 aliphatic carbocycles. The molecule has 6 nitrogen and oxygen atoms in total. The van der Waals surface area contributed by atoms with Crippen molar-refractivity contribution >= 4 is 17.1 Å². The number of amides is 1. The molecule has 1 aliphatic rings. The summed E-state index contributed by atoms with van der Waals surface area (Å²) in [4.78, 5) is 23.7. The van der Waals surface area contributed by atoms with Gasteiger partial charge in [0, 0.05) is 38.9 Å². The first-order chi connectivity index (χ1) is 12.6. The average Bonchev–Trinajstić information content (AvgIpc) is 3.22. The van der Waals surface area contributed by atoms with E-state index in [9.17, 15) is 4.79 Å². The number of hydrogen-bond acceptors (Lipinski definition) is 4. The molecular formula is C20H23N5O. The molecule has 1 atom stereocenters. The molecule has 0 saturated carbocycles. The van der Waals surface area contributed by atoms with Crippen molar-refractivity contribution in [1.29, 1.82) is 0 Å². The number of hydrogen-bond donors (Lipinski definition) is 1. The molecule has 0 spiro atoms. The van der Waals surface area contributed by atoms with Gasteiger partial charge in [0.25, 0.3) is 5.91 Å². The van der Waals surface area contributed by atoms with Crippen LogP contribution in [0.3, 0.4) is 0 Å². The van der Waals surface area contributed by atoms with Crippen molar-refractivity contribution in [2.24, 2.45) is 7.05 Å². The van der Waals surface area contributed by atoms with Crippen molar-refractivity contribution in [2.45, 2.75) is 25.9 Å². The predicted octanol–water partition coefficient (Wildman–Crippen LogP) is 2.28. The van der Waals surface area contributed by atoms with Crippen LogP contribution in [0.1, 0.15) is 27.9 Å². The van der Waals surface area contributed by atoms with Gasteiger partial charge >= 0.3 is 0 Å². The summed E-state index contributed by atoms with van der Waals surface area (Å²) in [7, 11) is 1.88. The van der Waals surface area contributed by atoms with E-state index in [1.54, 1.807) is 18.6 Å². The number of aromatic nitrogens is 3. The van der Waals surface area contributed by atoms with Gasteiger partial charge in [0.2, 0.25) is 0 Å². The number of pyridine rings is 1. The summed E-state index contributed by atoms with van der Waals surface area (Å²) in [6.07, 6.45) is 4.32. The SMILES string of the molecule is Cc1cccc(CN2CCC(NC(=O)c3ccnc4c3ncn4C)C2)c1. The van der Waals surface area contributed by atoms with E-state index in [0.29, 0.717) is 11.1 Å². The van der Waals surface area contributed by atoms with E-state index in [4.69, 9.17) is 0 Å². The molecule has 134 valence electrons. The lowest BCUT2D eigenvalue weighted by Gasteiger charge is -2.17. The fourth-order valence-corrected chi connectivity index (χ4v) is 3.64. The maximum absolute atomic E-state index is 12.7. The Bertz CT molecular complexity index is 948. The summed E-state index contributed by atoms with van der Waals surface area (Å²) in [5.41, 5.74) is 4.57. The number of nitrogens with zero attached hydrogens (tertiary/aromatic N) is 4. The molecule has 4 rings (SSSR count). The van der Waals surface area contributed by atoms with E-state index in [1.807, 2.05) is 11.6 Å². The van der Waals surface area contributed by atoms with Crippen molar-refractivity contribution in [1.82, 2.24) is 24.8 Å². The Kier molecular flexibility index (Phi) is 4.42. The monoisotopic (exact) mass is 349 g/mol. The molecule has 26 heavy (non-hydrogen) atoms. The molecule has 1 saturated heterocycles. The van der Waals surface area contributed by atoms with Crippen LogP contribution in [0.2, 0.25) is 0 Å². The van der Waals surface area contributed by atoms with E-state index >= 15 is 0 Å². The minimum Gasteiger partial charge on any atom is -0.348 e. The molecule has 6 heteroatoms. The first-order valence-electron chi connectivity index (χ1n) is 8.95. The highest BCUT2D eigenvalue weighted by Gasteiger charge is 2.25. The first kappa shape index (κ1) is 16.7. The summed E-state index contributed by atoms with van der Waals surface area (Å²) < 4.78 is 1.82. The number of nitrogens with one attached hydrogen (secondary N) is 1. The standard InChI is InChI=1S/C20H23N5O/c1-14-4-3-5-15(10-14)11-25-9-7-16(12-25)23-20(26)17-6-8-21-19-18(17)22-13-24(19)2/h3-6,8,10,13,16H,7,9,11-12H2,1-2H3,(H,23,26). The van der Waals surface area contributed by atoms with Gasteiger partial charge in [-0.2, -0.15) is 0 Å². The second kappa shape index (κ2) is 6.88. The quantitative estimate of drug-likeness (QED) is 0.785. The smallest absolute Gasteiger partial charge is 0.253 e. The third-order valence-electron chi connectivity index (χ3n) is 4.94. The zero-order chi connectivity index (χ0) is 18.1. The predicted molar refractivity (Wildman–Crippen MR) is 101 cm³/mol. The van der Waals surface area contributed by atoms with Crippen LogP contribution in [0, 0.1) is 6.92 Å². The summed E-state index contributed by atoms with van der Waals surface area (Å²) in [5, 5.41) is 3.17. The van der Waals surface area contributed by atoms with Crippen LogP contribution < -0.4 is 5.32 Å². The van der Waals surface area contributed by atoms with Crippen LogP contribution in [0.25, 0.3) is 11.2 Å². The second-order valence-corrected chi connectivity index (χ2v) is 7.07. The van der Waals surface area contributed by atoms with Gasteiger partial charge in [-0.05, 0) is 25.0 Å². The van der Waals surface area contributed by atoms with Crippen molar-refractivity contribution < 1.29 is 4.79 Å². The van der Waals surface area contributed by atoms with E-state index in [0.717, 1.165) is 31.7 Å². The van der Waals surface area contributed by atoms with E-state index in [2.05, 4.69) is 51.4 Å². The van der Waals surface area contributed by atoms with Gasteiger partial charge in [-0.1, -0.05) is 29.8 Å². The number of aryl methyl sites for hydroxylation is 2. The van der Waals surface area contributed by atoms with Gasteiger partial charge in [-0.15, -0.1) is 0 Å². The lowest BCUT2D eigenvalue weighted by Crippen LogP contribution is -2.37. The number of imidazole rings is 1. The lowest BCUT2D eigenvalue weighted by molar-refractivity contribution is 0.0939. The summed E-state index contributed by atoms with van der Waals surface area (Å²) in [6, 6.07) is 10.5. The van der Waals surface area contributed by atoms with Crippen molar-refractivity contribution in [2.75, 3.05) is 13.1 Å². The highest BCUT2D eigenvalue weighted by atomic mass is 16.1. The third-order valence-corrected chi connectivity index (χ3v) is 4.94. The Balaban J connectivity index is 1.41. The normalized spacial score (nSPS) is 17.7. The molecule has 1 N–H and O–H groups in total. The molecule has 0 radical (unpaired) electrons. The molecule has 0 bridgehead atoms. The van der Waals surface area contributed by atoms with Gasteiger partial charge in [-0.3, -0.25) is 9.69 Å². The molecule has 1 unspecified atom stereocenters. The fraction of sp³-hybridized carbons (Fsp3) is 0.350. The molecule has 1 fully saturated rings. The highest BCUT2D eigenvalue weighted by Crippen LogP contribution is 2.17. The number of carbonyl (C=O) groups is 1. The topological polar surface area (TPSA) is 63.1 Å². The van der Waals surface area contributed by atoms with E-state index in [1.165, 1.54) is 11.1 Å². The van der Waals surface area contributed by atoms with E-state index < -0.39 is 0 Å². The number of likely N-dealkylation sites (tertiary alicyclic amines) is 1. The van der Waals surface area contributed by atoms with Gasteiger partial charge in [-0.25, -0.2) is 9.97 Å². The van der Waals surface area contributed by atoms with Crippen LogP contribution >= 0.6 is 0 Å². The number of rotatable bonds is 4. The molecule has 1 aliphatic heterocycles. The maximum Gasteiger partial charge on any atom is 0.253 e. The minimum absolute atomic E-state index is 0.0708. The van der Waals surface area contributed by atoms with Gasteiger partial charge in [0.05, 0.1) is 11.9 Å². The highest BCUT2D eigenvalue weighted by molar-refractivity contribution is 6.04. The Morgan fingerprint density at radius 2 is 2.19 bits per heavy atom. The average molecular weight is 349 g/mol. The summed E-state index contributed by atoms with van der Waals surface area (Å²) in [6.45, 7) is 4.90. The molecule has 3 heterocycles. The molecule has 2 aromatic heterocycles. The third kappa shape index (κ3) is 3.32. The first-order valence-corrected chi connectivity index (χ1v) is 8.95. The van der Waals surface area contributed by atoms with Gasteiger partial charge in [0.15, 0.2) is 5.65 Å². The Hall–Kier alpha value is -2.73. The zero-order valence-corrected chi connectivity index (χ0v) is 15.1.